The summed E-state index contributed by atoms with van der Waals surface area (Å²) >= 11 is 3.31. The third kappa shape index (κ3) is 4.48. The zero-order valence-electron chi connectivity index (χ0n) is 13.6. The molecule has 0 aliphatic rings. The number of halogens is 2. The molecule has 2 N–H and O–H groups in total. The molecule has 25 heavy (non-hydrogen) atoms. The van der Waals surface area contributed by atoms with Gasteiger partial charge in [-0.1, -0.05) is 12.1 Å². The Morgan fingerprint density at radius 3 is 2.48 bits per heavy atom. The van der Waals surface area contributed by atoms with Gasteiger partial charge in [-0.3, -0.25) is 20.4 Å². The number of hydrazine groups is 1. The average Bonchev–Trinajstić information content (AvgIpc) is 2.61. The maximum Gasteiger partial charge on any atom is 0.272 e. The van der Waals surface area contributed by atoms with Crippen LogP contribution >= 0.6 is 15.9 Å². The molecule has 0 bridgehead atoms. The third-order valence-corrected chi connectivity index (χ3v) is 3.78. The molecule has 0 spiro atoms. The smallest absolute Gasteiger partial charge is 0.272 e. The minimum Gasteiger partial charge on any atom is -0.493 e. The highest BCUT2D eigenvalue weighted by Gasteiger charge is 2.17. The van der Waals surface area contributed by atoms with Crippen LogP contribution in [0.4, 0.5) is 4.39 Å². The van der Waals surface area contributed by atoms with Crippen LogP contribution in [0, 0.1) is 5.82 Å². The molecular weight excluding hydrogens is 395 g/mol. The summed E-state index contributed by atoms with van der Waals surface area (Å²) in [6.07, 6.45) is 0. The van der Waals surface area contributed by atoms with Crippen LogP contribution in [0.3, 0.4) is 0 Å². The number of nitrogens with one attached hydrogen (secondary N) is 2. The zero-order chi connectivity index (χ0) is 18.4. The van der Waals surface area contributed by atoms with Crippen molar-refractivity contribution in [1.29, 1.82) is 0 Å². The SMILES string of the molecule is CCOc1c(Br)cc(C(=O)NNC(=O)c2ccccc2F)cc1OC. The van der Waals surface area contributed by atoms with Crippen LogP contribution in [-0.4, -0.2) is 25.5 Å². The quantitative estimate of drug-likeness (QED) is 0.742. The lowest BCUT2D eigenvalue weighted by molar-refractivity contribution is 0.0844. The van der Waals surface area contributed by atoms with Crippen LogP contribution in [0.15, 0.2) is 40.9 Å². The highest BCUT2D eigenvalue weighted by molar-refractivity contribution is 9.10. The molecule has 8 heteroatoms. The fraction of sp³-hybridized carbons (Fsp3) is 0.176. The van der Waals surface area contributed by atoms with E-state index in [0.29, 0.717) is 22.6 Å². The van der Waals surface area contributed by atoms with Gasteiger partial charge < -0.3 is 9.47 Å². The van der Waals surface area contributed by atoms with E-state index >= 15 is 0 Å². The van der Waals surface area contributed by atoms with E-state index in [0.717, 1.165) is 6.07 Å². The first-order valence-corrected chi connectivity index (χ1v) is 8.12. The number of carbonyl (C=O) groups excluding carboxylic acids is 2. The molecule has 0 atom stereocenters. The van der Waals surface area contributed by atoms with Crippen molar-refractivity contribution in [2.75, 3.05) is 13.7 Å². The Hall–Kier alpha value is -2.61. The summed E-state index contributed by atoms with van der Waals surface area (Å²) in [6.45, 7) is 2.25. The zero-order valence-corrected chi connectivity index (χ0v) is 15.1. The highest BCUT2D eigenvalue weighted by atomic mass is 79.9. The van der Waals surface area contributed by atoms with Crippen LogP contribution in [0.1, 0.15) is 27.6 Å². The van der Waals surface area contributed by atoms with E-state index in [1.807, 2.05) is 6.92 Å². The van der Waals surface area contributed by atoms with Gasteiger partial charge in [-0.2, -0.15) is 0 Å². The van der Waals surface area contributed by atoms with Crippen molar-refractivity contribution >= 4 is 27.7 Å². The summed E-state index contributed by atoms with van der Waals surface area (Å²) in [7, 11) is 1.45. The van der Waals surface area contributed by atoms with Crippen LogP contribution in [0.2, 0.25) is 0 Å². The van der Waals surface area contributed by atoms with Crippen molar-refractivity contribution in [2.45, 2.75) is 6.92 Å². The summed E-state index contributed by atoms with van der Waals surface area (Å²) < 4.78 is 24.7. The lowest BCUT2D eigenvalue weighted by atomic mass is 10.2. The number of hydrogen-bond acceptors (Lipinski definition) is 4. The van der Waals surface area contributed by atoms with Crippen molar-refractivity contribution in [3.63, 3.8) is 0 Å². The number of carbonyl (C=O) groups is 2. The Bertz CT molecular complexity index is 798. The summed E-state index contributed by atoms with van der Waals surface area (Å²) in [5.41, 5.74) is 4.45. The van der Waals surface area contributed by atoms with Crippen LogP contribution in [-0.2, 0) is 0 Å². The third-order valence-electron chi connectivity index (χ3n) is 3.19. The molecule has 0 unspecified atom stereocenters. The molecule has 0 radical (unpaired) electrons. The van der Waals surface area contributed by atoms with Crippen molar-refractivity contribution in [3.05, 3.63) is 57.8 Å². The molecule has 132 valence electrons. The minimum atomic E-state index is -0.761. The number of amides is 2. The molecule has 0 aromatic heterocycles. The first-order valence-electron chi connectivity index (χ1n) is 7.33. The van der Waals surface area contributed by atoms with Gasteiger partial charge in [0.15, 0.2) is 11.5 Å². The van der Waals surface area contributed by atoms with Gasteiger partial charge >= 0.3 is 0 Å². The number of benzene rings is 2. The standard InChI is InChI=1S/C17H16BrFN2O4/c1-3-25-15-12(18)8-10(9-14(15)24-2)16(22)20-21-17(23)11-6-4-5-7-13(11)19/h4-9H,3H2,1-2H3,(H,20,22)(H,21,23). The van der Waals surface area contributed by atoms with Crippen LogP contribution in [0.5, 0.6) is 11.5 Å². The minimum absolute atomic E-state index is 0.173. The molecule has 2 rings (SSSR count). The number of methoxy groups -OCH3 is 1. The van der Waals surface area contributed by atoms with E-state index in [-0.39, 0.29) is 11.1 Å². The number of hydrogen-bond donors (Lipinski definition) is 2. The largest absolute Gasteiger partial charge is 0.493 e. The molecule has 0 saturated carbocycles. The van der Waals surface area contributed by atoms with Gasteiger partial charge in [-0.05, 0) is 47.1 Å². The van der Waals surface area contributed by atoms with Gasteiger partial charge in [-0.25, -0.2) is 4.39 Å². The average molecular weight is 411 g/mol. The van der Waals surface area contributed by atoms with Gasteiger partial charge in [-0.15, -0.1) is 0 Å². The van der Waals surface area contributed by atoms with Crippen LogP contribution in [0.25, 0.3) is 0 Å². The molecule has 0 fully saturated rings. The summed E-state index contributed by atoms with van der Waals surface area (Å²) in [4.78, 5) is 24.1. The van der Waals surface area contributed by atoms with E-state index in [2.05, 4.69) is 26.8 Å². The van der Waals surface area contributed by atoms with Gasteiger partial charge in [0.25, 0.3) is 11.8 Å². The second-order valence-electron chi connectivity index (χ2n) is 4.81. The molecule has 6 nitrogen and oxygen atoms in total. The predicted molar refractivity (Wildman–Crippen MR) is 93.2 cm³/mol. The molecule has 0 aliphatic carbocycles. The molecule has 0 heterocycles. The van der Waals surface area contributed by atoms with Gasteiger partial charge in [0.2, 0.25) is 0 Å². The van der Waals surface area contributed by atoms with Crippen molar-refractivity contribution in [3.8, 4) is 11.5 Å². The fourth-order valence-corrected chi connectivity index (χ4v) is 2.59. The van der Waals surface area contributed by atoms with Gasteiger partial charge in [0.1, 0.15) is 5.82 Å². The van der Waals surface area contributed by atoms with E-state index < -0.39 is 17.6 Å². The fourth-order valence-electron chi connectivity index (χ4n) is 2.03. The van der Waals surface area contributed by atoms with Crippen molar-refractivity contribution in [2.24, 2.45) is 0 Å². The molecule has 2 aromatic rings. The van der Waals surface area contributed by atoms with E-state index in [4.69, 9.17) is 9.47 Å². The Labute approximate surface area is 152 Å². The van der Waals surface area contributed by atoms with Crippen molar-refractivity contribution in [1.82, 2.24) is 10.9 Å². The van der Waals surface area contributed by atoms with Crippen LogP contribution < -0.4 is 20.3 Å². The summed E-state index contributed by atoms with van der Waals surface area (Å²) in [5, 5.41) is 0. The molecule has 2 aromatic carbocycles. The van der Waals surface area contributed by atoms with Gasteiger partial charge in [0, 0.05) is 5.56 Å². The predicted octanol–water partition coefficient (Wildman–Crippen LogP) is 3.07. The monoisotopic (exact) mass is 410 g/mol. The second kappa shape index (κ2) is 8.48. The normalized spacial score (nSPS) is 10.1. The lowest BCUT2D eigenvalue weighted by Crippen LogP contribution is -2.42. The van der Waals surface area contributed by atoms with E-state index in [1.165, 1.54) is 37.4 Å². The lowest BCUT2D eigenvalue weighted by Gasteiger charge is -2.13. The molecule has 0 aliphatic heterocycles. The molecule has 2 amide bonds. The highest BCUT2D eigenvalue weighted by Crippen LogP contribution is 2.36. The first-order chi connectivity index (χ1) is 12.0. The Kier molecular flexibility index (Phi) is 6.35. The maximum absolute atomic E-state index is 13.5. The maximum atomic E-state index is 13.5. The molecule has 0 saturated heterocycles. The number of ether oxygens (including phenoxy) is 2. The topological polar surface area (TPSA) is 76.7 Å². The Balaban J connectivity index is 2.12. The van der Waals surface area contributed by atoms with Gasteiger partial charge in [0.05, 0.1) is 23.8 Å². The van der Waals surface area contributed by atoms with E-state index in [1.54, 1.807) is 0 Å². The molecular formula is C17H16BrFN2O4. The summed E-state index contributed by atoms with van der Waals surface area (Å²) in [6, 6.07) is 8.46. The first kappa shape index (κ1) is 18.7. The Morgan fingerprint density at radius 1 is 1.16 bits per heavy atom. The summed E-state index contributed by atoms with van der Waals surface area (Å²) in [5.74, 6) is -1.20. The second-order valence-corrected chi connectivity index (χ2v) is 5.66. The van der Waals surface area contributed by atoms with E-state index in [9.17, 15) is 14.0 Å². The van der Waals surface area contributed by atoms with Crippen molar-refractivity contribution < 1.29 is 23.5 Å². The number of rotatable bonds is 5. The Morgan fingerprint density at radius 2 is 1.84 bits per heavy atom.